The van der Waals surface area contributed by atoms with E-state index < -0.39 is 9.84 Å². The number of nitrogens with one attached hydrogen (secondary N) is 1. The molecule has 0 aliphatic heterocycles. The van der Waals surface area contributed by atoms with Gasteiger partial charge in [-0.15, -0.1) is 0 Å². The smallest absolute Gasteiger partial charge is 0.251 e. The van der Waals surface area contributed by atoms with Crippen molar-refractivity contribution in [2.45, 2.75) is 30.9 Å². The molecule has 0 radical (unpaired) electrons. The molecule has 0 saturated carbocycles. The van der Waals surface area contributed by atoms with Crippen molar-refractivity contribution in [3.63, 3.8) is 0 Å². The van der Waals surface area contributed by atoms with Crippen molar-refractivity contribution in [1.29, 1.82) is 0 Å². The molecule has 0 aliphatic carbocycles. The first-order valence-corrected chi connectivity index (χ1v) is 10.7. The van der Waals surface area contributed by atoms with E-state index in [4.69, 9.17) is 4.42 Å². The molecule has 0 spiro atoms. The molecule has 2 aromatic carbocycles. The van der Waals surface area contributed by atoms with Crippen LogP contribution in [0.25, 0.3) is 11.5 Å². The Bertz CT molecular complexity index is 1060. The lowest BCUT2D eigenvalue weighted by atomic mass is 10.1. The molecule has 0 fully saturated rings. The van der Waals surface area contributed by atoms with Gasteiger partial charge in [-0.2, -0.15) is 0 Å². The minimum Gasteiger partial charge on any atom is -0.441 e. The van der Waals surface area contributed by atoms with Crippen LogP contribution < -0.4 is 5.32 Å². The number of sulfone groups is 1. The molecule has 0 bridgehead atoms. The van der Waals surface area contributed by atoms with Crippen LogP contribution in [0.2, 0.25) is 0 Å². The summed E-state index contributed by atoms with van der Waals surface area (Å²) < 4.78 is 30.8. The first-order chi connectivity index (χ1) is 13.4. The zero-order chi connectivity index (χ0) is 20.1. The monoisotopic (exact) mass is 398 g/mol. The molecule has 0 saturated heterocycles. The van der Waals surface area contributed by atoms with Crippen molar-refractivity contribution >= 4 is 15.7 Å². The third-order valence-corrected chi connectivity index (χ3v) is 5.90. The summed E-state index contributed by atoms with van der Waals surface area (Å²) in [5.41, 5.74) is 1.61. The van der Waals surface area contributed by atoms with E-state index in [2.05, 4.69) is 10.3 Å². The summed E-state index contributed by atoms with van der Waals surface area (Å²) in [5, 5.41) is 2.82. The molecule has 3 aromatic rings. The number of hydrogen-bond donors (Lipinski definition) is 1. The molecule has 1 aromatic heterocycles. The average Bonchev–Trinajstić information content (AvgIpc) is 3.06. The maximum absolute atomic E-state index is 12.6. The fraction of sp³-hybridized carbons (Fsp3) is 0.238. The number of nitrogens with zero attached hydrogens (tertiary/aromatic N) is 1. The average molecular weight is 398 g/mol. The Balaban J connectivity index is 1.80. The van der Waals surface area contributed by atoms with Gasteiger partial charge in [0, 0.05) is 17.7 Å². The summed E-state index contributed by atoms with van der Waals surface area (Å²) >= 11 is 0. The summed E-state index contributed by atoms with van der Waals surface area (Å²) in [6.07, 6.45) is 0.869. The Morgan fingerprint density at radius 2 is 1.75 bits per heavy atom. The highest BCUT2D eigenvalue weighted by Gasteiger charge is 2.21. The van der Waals surface area contributed by atoms with Crippen molar-refractivity contribution < 1.29 is 17.6 Å². The quantitative estimate of drug-likeness (QED) is 0.654. The molecule has 146 valence electrons. The van der Waals surface area contributed by atoms with Gasteiger partial charge in [0.2, 0.25) is 5.89 Å². The predicted molar refractivity (Wildman–Crippen MR) is 107 cm³/mol. The molecule has 1 amide bonds. The Hall–Kier alpha value is -2.93. The van der Waals surface area contributed by atoms with Crippen molar-refractivity contribution in [3.8, 4) is 11.5 Å². The number of amides is 1. The minimum atomic E-state index is -3.51. The minimum absolute atomic E-state index is 0.133. The van der Waals surface area contributed by atoms with E-state index in [-0.39, 0.29) is 16.6 Å². The first kappa shape index (κ1) is 19.8. The summed E-state index contributed by atoms with van der Waals surface area (Å²) in [6, 6.07) is 15.1. The SMILES string of the molecule is CCCNC(=O)c1ccc(-c2nc(CS(=O)(=O)c3ccccc3)c(C)o2)cc1. The third kappa shape index (κ3) is 4.48. The summed E-state index contributed by atoms with van der Waals surface area (Å²) in [6.45, 7) is 4.31. The van der Waals surface area contributed by atoms with E-state index in [1.54, 1.807) is 61.5 Å². The van der Waals surface area contributed by atoms with Gasteiger partial charge in [0.1, 0.15) is 11.5 Å². The largest absolute Gasteiger partial charge is 0.441 e. The zero-order valence-electron chi connectivity index (χ0n) is 15.8. The highest BCUT2D eigenvalue weighted by Crippen LogP contribution is 2.25. The van der Waals surface area contributed by atoms with Crippen molar-refractivity contribution in [1.82, 2.24) is 10.3 Å². The highest BCUT2D eigenvalue weighted by molar-refractivity contribution is 7.90. The number of carbonyl (C=O) groups excluding carboxylic acids is 1. The molecule has 28 heavy (non-hydrogen) atoms. The molecular weight excluding hydrogens is 376 g/mol. The van der Waals surface area contributed by atoms with Crippen LogP contribution >= 0.6 is 0 Å². The standard InChI is InChI=1S/C21H22N2O4S/c1-3-13-22-20(24)16-9-11-17(12-10-16)21-23-19(15(2)27-21)14-28(25,26)18-7-5-4-6-8-18/h4-12H,3,13-14H2,1-2H3,(H,22,24). The number of benzene rings is 2. The number of aromatic nitrogens is 1. The second-order valence-corrected chi connectivity index (χ2v) is 8.42. The van der Waals surface area contributed by atoms with Gasteiger partial charge in [-0.1, -0.05) is 25.1 Å². The van der Waals surface area contributed by atoms with Crippen LogP contribution in [-0.2, 0) is 15.6 Å². The molecule has 0 aliphatic rings. The molecule has 0 unspecified atom stereocenters. The van der Waals surface area contributed by atoms with E-state index in [1.165, 1.54) is 0 Å². The highest BCUT2D eigenvalue weighted by atomic mass is 32.2. The van der Waals surface area contributed by atoms with Gasteiger partial charge in [-0.25, -0.2) is 13.4 Å². The lowest BCUT2D eigenvalue weighted by Gasteiger charge is -2.03. The second-order valence-electron chi connectivity index (χ2n) is 6.43. The van der Waals surface area contributed by atoms with Gasteiger partial charge in [0.05, 0.1) is 10.6 Å². The van der Waals surface area contributed by atoms with Gasteiger partial charge in [0.15, 0.2) is 9.84 Å². The first-order valence-electron chi connectivity index (χ1n) is 9.03. The van der Waals surface area contributed by atoms with Crippen LogP contribution in [0.4, 0.5) is 0 Å². The van der Waals surface area contributed by atoms with Crippen molar-refractivity contribution in [3.05, 3.63) is 71.6 Å². The Morgan fingerprint density at radius 1 is 1.07 bits per heavy atom. The van der Waals surface area contributed by atoms with Gasteiger partial charge in [-0.05, 0) is 49.7 Å². The topological polar surface area (TPSA) is 89.3 Å². The second kappa shape index (κ2) is 8.39. The maximum atomic E-state index is 12.6. The third-order valence-electron chi connectivity index (χ3n) is 4.25. The van der Waals surface area contributed by atoms with E-state index in [0.717, 1.165) is 6.42 Å². The lowest BCUT2D eigenvalue weighted by Crippen LogP contribution is -2.23. The van der Waals surface area contributed by atoms with Gasteiger partial charge in [-0.3, -0.25) is 4.79 Å². The predicted octanol–water partition coefficient (Wildman–Crippen LogP) is 3.76. The Kier molecular flexibility index (Phi) is 5.94. The van der Waals surface area contributed by atoms with Crippen LogP contribution in [-0.4, -0.2) is 25.9 Å². The fourth-order valence-electron chi connectivity index (χ4n) is 2.68. The van der Waals surface area contributed by atoms with Crippen LogP contribution in [0.5, 0.6) is 0 Å². The molecule has 6 nitrogen and oxygen atoms in total. The zero-order valence-corrected chi connectivity index (χ0v) is 16.6. The molecule has 1 heterocycles. The van der Waals surface area contributed by atoms with E-state index in [9.17, 15) is 13.2 Å². The number of hydrogen-bond acceptors (Lipinski definition) is 5. The molecule has 7 heteroatoms. The fourth-order valence-corrected chi connectivity index (χ4v) is 4.05. The van der Waals surface area contributed by atoms with E-state index >= 15 is 0 Å². The number of aryl methyl sites for hydroxylation is 1. The van der Waals surface area contributed by atoms with Crippen molar-refractivity contribution in [2.75, 3.05) is 6.54 Å². The van der Waals surface area contributed by atoms with Gasteiger partial charge in [0.25, 0.3) is 5.91 Å². The normalized spacial score (nSPS) is 11.4. The van der Waals surface area contributed by atoms with E-state index in [1.807, 2.05) is 6.92 Å². The maximum Gasteiger partial charge on any atom is 0.251 e. The van der Waals surface area contributed by atoms with Crippen molar-refractivity contribution in [2.24, 2.45) is 0 Å². The number of oxazole rings is 1. The Morgan fingerprint density at radius 3 is 2.39 bits per heavy atom. The van der Waals surface area contributed by atoms with Gasteiger partial charge < -0.3 is 9.73 Å². The molecular formula is C21H22N2O4S. The van der Waals surface area contributed by atoms with Gasteiger partial charge >= 0.3 is 0 Å². The summed E-state index contributed by atoms with van der Waals surface area (Å²) in [7, 11) is -3.51. The summed E-state index contributed by atoms with van der Waals surface area (Å²) in [4.78, 5) is 16.6. The van der Waals surface area contributed by atoms with Crippen LogP contribution in [0.15, 0.2) is 63.9 Å². The van der Waals surface area contributed by atoms with Crippen LogP contribution in [0.1, 0.15) is 35.2 Å². The molecule has 3 rings (SSSR count). The van der Waals surface area contributed by atoms with E-state index in [0.29, 0.717) is 35.0 Å². The summed E-state index contributed by atoms with van der Waals surface area (Å²) in [5.74, 6) is 0.423. The molecule has 0 atom stereocenters. The van der Waals surface area contributed by atoms with Crippen LogP contribution in [0, 0.1) is 6.92 Å². The number of carbonyl (C=O) groups is 1. The van der Waals surface area contributed by atoms with Crippen LogP contribution in [0.3, 0.4) is 0 Å². The number of rotatable bonds is 7. The lowest BCUT2D eigenvalue weighted by molar-refractivity contribution is 0.0953. The molecule has 1 N–H and O–H groups in total. The Labute approximate surface area is 164 Å².